The summed E-state index contributed by atoms with van der Waals surface area (Å²) in [5, 5.41) is 0.0701. The molecule has 2 aromatic heterocycles. The van der Waals surface area contributed by atoms with E-state index in [1.54, 1.807) is 0 Å². The first-order valence-corrected chi connectivity index (χ1v) is 10.2. The summed E-state index contributed by atoms with van der Waals surface area (Å²) in [6, 6.07) is 3.47. The molecule has 3 N–H and O–H groups in total. The number of nitrogens with one attached hydrogen (secondary N) is 1. The van der Waals surface area contributed by atoms with Crippen molar-refractivity contribution in [2.24, 2.45) is 5.92 Å². The molecular weight excluding hydrogens is 433 g/mol. The number of anilines is 1. The number of hydrogen-bond acceptors (Lipinski definition) is 6. The highest BCUT2D eigenvalue weighted by molar-refractivity contribution is 6.35. The van der Waals surface area contributed by atoms with E-state index >= 15 is 0 Å². The molecule has 0 spiro atoms. The summed E-state index contributed by atoms with van der Waals surface area (Å²) in [4.78, 5) is 29.9. The normalized spacial score (nSPS) is 17.9. The highest BCUT2D eigenvalue weighted by Gasteiger charge is 2.31. The lowest BCUT2D eigenvalue weighted by Crippen LogP contribution is -2.36. The van der Waals surface area contributed by atoms with Crippen molar-refractivity contribution in [3.05, 3.63) is 46.6 Å². The van der Waals surface area contributed by atoms with Gasteiger partial charge < -0.3 is 10.7 Å². The van der Waals surface area contributed by atoms with Gasteiger partial charge in [-0.2, -0.15) is 13.2 Å². The van der Waals surface area contributed by atoms with Crippen LogP contribution in [0.2, 0.25) is 5.02 Å². The largest absolute Gasteiger partial charge is 0.416 e. The number of aromatic nitrogens is 4. The fraction of sp³-hybridized carbons (Fsp3) is 0.400. The van der Waals surface area contributed by atoms with Gasteiger partial charge in [0.1, 0.15) is 28.7 Å². The summed E-state index contributed by atoms with van der Waals surface area (Å²) < 4.78 is 38.8. The number of hydrogen-bond donors (Lipinski definition) is 2. The predicted molar refractivity (Wildman–Crippen MR) is 109 cm³/mol. The van der Waals surface area contributed by atoms with Crippen molar-refractivity contribution in [1.29, 1.82) is 0 Å². The molecule has 31 heavy (non-hydrogen) atoms. The number of Topliss-reactive ketones (excluding diaryl/α,β-unsaturated/α-hetero) is 1. The van der Waals surface area contributed by atoms with Gasteiger partial charge in [-0.15, -0.1) is 0 Å². The van der Waals surface area contributed by atoms with Gasteiger partial charge in [-0.05, 0) is 43.5 Å². The Morgan fingerprint density at radius 3 is 2.90 bits per heavy atom. The van der Waals surface area contributed by atoms with Gasteiger partial charge in [-0.3, -0.25) is 9.69 Å². The van der Waals surface area contributed by atoms with Gasteiger partial charge >= 0.3 is 6.18 Å². The fourth-order valence-electron chi connectivity index (χ4n) is 3.92. The van der Waals surface area contributed by atoms with E-state index in [-0.39, 0.29) is 34.7 Å². The number of nitrogens with two attached hydrogens (primary N) is 1. The van der Waals surface area contributed by atoms with E-state index in [9.17, 15) is 18.0 Å². The van der Waals surface area contributed by atoms with Gasteiger partial charge in [0.25, 0.3) is 0 Å². The molecule has 0 aliphatic carbocycles. The van der Waals surface area contributed by atoms with Crippen LogP contribution in [0, 0.1) is 5.92 Å². The smallest absolute Gasteiger partial charge is 0.382 e. The summed E-state index contributed by atoms with van der Waals surface area (Å²) >= 11 is 6.06. The molecule has 7 nitrogen and oxygen atoms in total. The number of carbonyl (C=O) groups is 1. The van der Waals surface area contributed by atoms with Crippen LogP contribution < -0.4 is 5.73 Å². The summed E-state index contributed by atoms with van der Waals surface area (Å²) in [6.45, 7) is 1.94. The molecule has 1 unspecified atom stereocenters. The number of benzene rings is 1. The number of halogens is 4. The second kappa shape index (κ2) is 8.43. The van der Waals surface area contributed by atoms with Crippen molar-refractivity contribution >= 4 is 34.2 Å². The second-order valence-electron chi connectivity index (χ2n) is 7.71. The van der Waals surface area contributed by atoms with Crippen LogP contribution in [-0.4, -0.2) is 43.7 Å². The van der Waals surface area contributed by atoms with E-state index in [0.717, 1.165) is 31.5 Å². The minimum absolute atomic E-state index is 0.0701. The van der Waals surface area contributed by atoms with Crippen LogP contribution >= 0.6 is 11.6 Å². The molecule has 164 valence electrons. The summed E-state index contributed by atoms with van der Waals surface area (Å²) in [5.41, 5.74) is 5.90. The maximum Gasteiger partial charge on any atom is 0.416 e. The minimum Gasteiger partial charge on any atom is -0.382 e. The lowest BCUT2D eigenvalue weighted by molar-refractivity contribution is -0.137. The number of carbonyl (C=O) groups excluding carboxylic acids is 1. The molecule has 1 aromatic carbocycles. The number of H-pyrrole nitrogens is 1. The van der Waals surface area contributed by atoms with E-state index < -0.39 is 11.7 Å². The molecule has 3 heterocycles. The Balaban J connectivity index is 1.42. The van der Waals surface area contributed by atoms with Gasteiger partial charge in [-0.1, -0.05) is 11.6 Å². The quantitative estimate of drug-likeness (QED) is 0.565. The van der Waals surface area contributed by atoms with Gasteiger partial charge in [-0.25, -0.2) is 15.0 Å². The molecule has 3 aromatic rings. The molecule has 11 heteroatoms. The number of piperidine rings is 1. The molecule has 1 saturated heterocycles. The molecule has 0 bridgehead atoms. The number of ketones is 1. The first-order valence-electron chi connectivity index (χ1n) is 9.78. The maximum absolute atomic E-state index is 12.9. The first kappa shape index (κ1) is 21.5. The van der Waals surface area contributed by atoms with Crippen LogP contribution in [0.25, 0.3) is 11.0 Å². The fourth-order valence-corrected chi connectivity index (χ4v) is 4.13. The number of fused-ring (bicyclic) bond motifs is 1. The van der Waals surface area contributed by atoms with Crippen LogP contribution in [0.4, 0.5) is 19.0 Å². The van der Waals surface area contributed by atoms with Crippen molar-refractivity contribution in [2.45, 2.75) is 32.0 Å². The Morgan fingerprint density at radius 1 is 1.32 bits per heavy atom. The highest BCUT2D eigenvalue weighted by atomic mass is 35.5. The molecule has 4 rings (SSSR count). The van der Waals surface area contributed by atoms with E-state index in [4.69, 9.17) is 17.3 Å². The van der Waals surface area contributed by atoms with Crippen molar-refractivity contribution in [2.75, 3.05) is 18.8 Å². The topological polar surface area (TPSA) is 101 Å². The molecule has 1 fully saturated rings. The molecule has 0 amide bonds. The third-order valence-electron chi connectivity index (χ3n) is 5.39. The van der Waals surface area contributed by atoms with Crippen LogP contribution in [0.5, 0.6) is 0 Å². The molecule has 1 aliphatic heterocycles. The lowest BCUT2D eigenvalue weighted by Gasteiger charge is -2.31. The van der Waals surface area contributed by atoms with E-state index in [2.05, 4.69) is 24.8 Å². The van der Waals surface area contributed by atoms with Crippen molar-refractivity contribution in [3.63, 3.8) is 0 Å². The number of nitrogen functional groups attached to an aromatic ring is 1. The van der Waals surface area contributed by atoms with Gasteiger partial charge in [0.15, 0.2) is 5.78 Å². The Kier molecular flexibility index (Phi) is 5.85. The third kappa shape index (κ3) is 4.80. The zero-order valence-corrected chi connectivity index (χ0v) is 17.2. The zero-order valence-electron chi connectivity index (χ0n) is 16.4. The lowest BCUT2D eigenvalue weighted by atomic mass is 9.92. The number of aromatic amines is 1. The van der Waals surface area contributed by atoms with Crippen LogP contribution in [0.3, 0.4) is 0 Å². The average molecular weight is 453 g/mol. The summed E-state index contributed by atoms with van der Waals surface area (Å²) in [5.74, 6) is 0.584. The number of likely N-dealkylation sites (tertiary alicyclic amines) is 1. The SMILES string of the molecule is Nc1ncnc(C(=O)CC2CCCN(Cc3nc4ccc(C(F)(F)F)cc4[nH]3)C2)c1Cl. The summed E-state index contributed by atoms with van der Waals surface area (Å²) in [7, 11) is 0. The van der Waals surface area contributed by atoms with E-state index in [1.807, 2.05) is 0 Å². The Morgan fingerprint density at radius 2 is 2.13 bits per heavy atom. The Hall–Kier alpha value is -2.72. The van der Waals surface area contributed by atoms with Crippen LogP contribution in [0.1, 0.15) is 41.1 Å². The molecule has 0 radical (unpaired) electrons. The Bertz CT molecular complexity index is 1120. The predicted octanol–water partition coefficient (Wildman–Crippen LogP) is 4.09. The minimum atomic E-state index is -4.40. The summed E-state index contributed by atoms with van der Waals surface area (Å²) in [6.07, 6.45) is -1.12. The van der Waals surface area contributed by atoms with Crippen LogP contribution in [0.15, 0.2) is 24.5 Å². The number of alkyl halides is 3. The maximum atomic E-state index is 12.9. The standard InChI is InChI=1S/C20H20ClF3N6O/c21-17-18(26-10-27-19(17)25)15(31)6-11-2-1-5-30(8-11)9-16-28-13-4-3-12(20(22,23)24)7-14(13)29-16/h3-4,7,10-11H,1-2,5-6,8-9H2,(H,28,29)(H2,25,26,27). The number of nitrogens with zero attached hydrogens (tertiary/aromatic N) is 4. The first-order chi connectivity index (χ1) is 14.7. The van der Waals surface area contributed by atoms with Crippen molar-refractivity contribution < 1.29 is 18.0 Å². The molecule has 1 atom stereocenters. The average Bonchev–Trinajstić information content (AvgIpc) is 3.11. The zero-order chi connectivity index (χ0) is 22.2. The van der Waals surface area contributed by atoms with E-state index in [0.29, 0.717) is 29.9 Å². The van der Waals surface area contributed by atoms with Crippen molar-refractivity contribution in [1.82, 2.24) is 24.8 Å². The highest BCUT2D eigenvalue weighted by Crippen LogP contribution is 2.31. The Labute approximate surface area is 180 Å². The van der Waals surface area contributed by atoms with E-state index in [1.165, 1.54) is 12.4 Å². The monoisotopic (exact) mass is 452 g/mol. The van der Waals surface area contributed by atoms with Gasteiger partial charge in [0, 0.05) is 13.0 Å². The molecule has 0 saturated carbocycles. The number of imidazole rings is 1. The van der Waals surface area contributed by atoms with Gasteiger partial charge in [0.2, 0.25) is 0 Å². The number of rotatable bonds is 5. The molecule has 1 aliphatic rings. The third-order valence-corrected chi connectivity index (χ3v) is 5.76. The van der Waals surface area contributed by atoms with Gasteiger partial charge in [0.05, 0.1) is 23.1 Å². The second-order valence-corrected chi connectivity index (χ2v) is 8.08. The van der Waals surface area contributed by atoms with Crippen LogP contribution in [-0.2, 0) is 12.7 Å². The molecular formula is C20H20ClF3N6O. The van der Waals surface area contributed by atoms with Crippen molar-refractivity contribution in [3.8, 4) is 0 Å².